The zero-order valence-corrected chi connectivity index (χ0v) is 15.5. The molecule has 0 unspecified atom stereocenters. The predicted octanol–water partition coefficient (Wildman–Crippen LogP) is 3.04. The van der Waals surface area contributed by atoms with Crippen LogP contribution in [0.4, 0.5) is 5.69 Å². The highest BCUT2D eigenvalue weighted by molar-refractivity contribution is 6.35. The summed E-state index contributed by atoms with van der Waals surface area (Å²) in [5.74, 6) is -0.562. The lowest BCUT2D eigenvalue weighted by Crippen LogP contribution is -2.30. The fourth-order valence-electron chi connectivity index (χ4n) is 3.24. The van der Waals surface area contributed by atoms with Crippen molar-refractivity contribution in [1.82, 2.24) is 10.3 Å². The van der Waals surface area contributed by atoms with Crippen molar-refractivity contribution in [3.05, 3.63) is 95.3 Å². The number of hydrogen-bond donors (Lipinski definition) is 3. The number of amides is 2. The van der Waals surface area contributed by atoms with E-state index in [0.717, 1.165) is 5.56 Å². The Morgan fingerprint density at radius 2 is 1.90 bits per heavy atom. The zero-order valence-electron chi connectivity index (χ0n) is 15.5. The Morgan fingerprint density at radius 3 is 2.62 bits per heavy atom. The first kappa shape index (κ1) is 18.6. The smallest absolute Gasteiger partial charge is 0.256 e. The maximum Gasteiger partial charge on any atom is 0.256 e. The summed E-state index contributed by atoms with van der Waals surface area (Å²) < 4.78 is 0. The van der Waals surface area contributed by atoms with Crippen LogP contribution < -0.4 is 10.6 Å². The van der Waals surface area contributed by atoms with Gasteiger partial charge in [-0.25, -0.2) is 0 Å². The van der Waals surface area contributed by atoms with E-state index in [2.05, 4.69) is 15.6 Å². The molecule has 29 heavy (non-hydrogen) atoms. The van der Waals surface area contributed by atoms with Gasteiger partial charge in [0.15, 0.2) is 0 Å². The number of aromatic nitrogens is 1. The normalized spacial score (nSPS) is 14.9. The Labute approximate surface area is 167 Å². The molecule has 0 saturated heterocycles. The summed E-state index contributed by atoms with van der Waals surface area (Å²) in [6.45, 7) is -0.217. The van der Waals surface area contributed by atoms with Crippen molar-refractivity contribution in [2.24, 2.45) is 0 Å². The second kappa shape index (κ2) is 8.08. The first-order chi connectivity index (χ1) is 14.2. The van der Waals surface area contributed by atoms with Gasteiger partial charge in [0.1, 0.15) is 0 Å². The summed E-state index contributed by atoms with van der Waals surface area (Å²) in [6.07, 6.45) is 3.35. The van der Waals surface area contributed by atoms with E-state index in [0.29, 0.717) is 28.1 Å². The monoisotopic (exact) mass is 385 g/mol. The number of nitrogens with zero attached hydrogens (tertiary/aromatic N) is 1. The van der Waals surface area contributed by atoms with Crippen LogP contribution in [0.25, 0.3) is 11.6 Å². The van der Waals surface area contributed by atoms with Gasteiger partial charge in [-0.05, 0) is 42.0 Å². The highest BCUT2D eigenvalue weighted by Crippen LogP contribution is 2.33. The lowest BCUT2D eigenvalue weighted by molar-refractivity contribution is -0.110. The summed E-state index contributed by atoms with van der Waals surface area (Å²) in [7, 11) is 0. The average Bonchev–Trinajstić information content (AvgIpc) is 3.07. The van der Waals surface area contributed by atoms with Crippen LogP contribution in [-0.4, -0.2) is 28.5 Å². The van der Waals surface area contributed by atoms with Crippen LogP contribution in [0.5, 0.6) is 0 Å². The van der Waals surface area contributed by atoms with Gasteiger partial charge in [-0.15, -0.1) is 0 Å². The minimum Gasteiger partial charge on any atom is -0.394 e. The lowest BCUT2D eigenvalue weighted by atomic mass is 10.0. The van der Waals surface area contributed by atoms with Crippen LogP contribution in [0.3, 0.4) is 0 Å². The van der Waals surface area contributed by atoms with Crippen LogP contribution in [0, 0.1) is 0 Å². The molecule has 1 atom stereocenters. The molecule has 2 amide bonds. The predicted molar refractivity (Wildman–Crippen MR) is 111 cm³/mol. The Hall–Kier alpha value is -3.77. The Bertz CT molecular complexity index is 1080. The summed E-state index contributed by atoms with van der Waals surface area (Å²) in [6, 6.07) is 19.2. The van der Waals surface area contributed by atoms with Crippen molar-refractivity contribution in [3.63, 3.8) is 0 Å². The fraction of sp³-hybridized carbons (Fsp3) is 0.0870. The number of nitrogens with one attached hydrogen (secondary N) is 2. The Balaban J connectivity index is 1.62. The summed E-state index contributed by atoms with van der Waals surface area (Å²) >= 11 is 0. The molecule has 0 spiro atoms. The van der Waals surface area contributed by atoms with Crippen molar-refractivity contribution >= 4 is 29.2 Å². The molecule has 0 radical (unpaired) electrons. The van der Waals surface area contributed by atoms with Gasteiger partial charge in [-0.3, -0.25) is 14.6 Å². The van der Waals surface area contributed by atoms with Gasteiger partial charge in [-0.2, -0.15) is 0 Å². The molecule has 1 aromatic heterocycles. The third kappa shape index (κ3) is 3.93. The molecule has 0 fully saturated rings. The molecular weight excluding hydrogens is 366 g/mol. The molecule has 144 valence electrons. The molecule has 0 saturated carbocycles. The molecule has 0 bridgehead atoms. The van der Waals surface area contributed by atoms with E-state index in [1.54, 1.807) is 42.6 Å². The number of hydrogen-bond acceptors (Lipinski definition) is 4. The topological polar surface area (TPSA) is 91.3 Å². The zero-order chi connectivity index (χ0) is 20.2. The number of pyridine rings is 1. The van der Waals surface area contributed by atoms with Gasteiger partial charge in [0, 0.05) is 23.0 Å². The van der Waals surface area contributed by atoms with Crippen molar-refractivity contribution in [2.45, 2.75) is 6.04 Å². The maximum atomic E-state index is 12.8. The van der Waals surface area contributed by atoms with Gasteiger partial charge in [0.2, 0.25) is 0 Å². The van der Waals surface area contributed by atoms with Crippen LogP contribution in [0.2, 0.25) is 0 Å². The first-order valence-electron chi connectivity index (χ1n) is 9.21. The van der Waals surface area contributed by atoms with Gasteiger partial charge in [-0.1, -0.05) is 36.4 Å². The molecule has 1 aliphatic rings. The molecule has 1 aliphatic heterocycles. The van der Waals surface area contributed by atoms with Crippen molar-refractivity contribution in [1.29, 1.82) is 0 Å². The van der Waals surface area contributed by atoms with Crippen LogP contribution in [-0.2, 0) is 4.79 Å². The highest BCUT2D eigenvalue weighted by atomic mass is 16.3. The fourth-order valence-corrected chi connectivity index (χ4v) is 3.24. The summed E-state index contributed by atoms with van der Waals surface area (Å²) in [5, 5.41) is 15.3. The van der Waals surface area contributed by atoms with E-state index >= 15 is 0 Å². The number of aliphatic hydroxyl groups is 1. The number of anilines is 1. The van der Waals surface area contributed by atoms with Crippen LogP contribution >= 0.6 is 0 Å². The van der Waals surface area contributed by atoms with Crippen molar-refractivity contribution < 1.29 is 14.7 Å². The molecular formula is C23H19N3O3. The minimum atomic E-state index is -0.514. The van der Waals surface area contributed by atoms with Crippen molar-refractivity contribution in [3.8, 4) is 0 Å². The number of carbonyl (C=O) groups excluding carboxylic acids is 2. The molecule has 0 aliphatic carbocycles. The van der Waals surface area contributed by atoms with E-state index in [-0.39, 0.29) is 18.4 Å². The molecule has 4 rings (SSSR count). The number of rotatable bonds is 5. The standard InChI is InChI=1S/C23H19N3O3/c27-14-21(15-6-2-1-3-7-15)26-22(28)16-9-10-20-18(12-16)19(23(29)25-20)13-17-8-4-5-11-24-17/h1-13,21,27H,14H2,(H,25,29)(H,26,28)/b19-13-/t21-/m1/s1. The first-order valence-corrected chi connectivity index (χ1v) is 9.21. The molecule has 6 nitrogen and oxygen atoms in total. The van der Waals surface area contributed by atoms with Crippen molar-refractivity contribution in [2.75, 3.05) is 11.9 Å². The van der Waals surface area contributed by atoms with E-state index in [1.807, 2.05) is 36.4 Å². The number of fused-ring (bicyclic) bond motifs is 1. The average molecular weight is 385 g/mol. The lowest BCUT2D eigenvalue weighted by Gasteiger charge is -2.17. The quantitative estimate of drug-likeness (QED) is 0.589. The number of carbonyl (C=O) groups is 2. The summed E-state index contributed by atoms with van der Waals surface area (Å²) in [4.78, 5) is 29.4. The van der Waals surface area contributed by atoms with E-state index in [1.165, 1.54) is 0 Å². The second-order valence-corrected chi connectivity index (χ2v) is 6.65. The van der Waals surface area contributed by atoms with Gasteiger partial charge < -0.3 is 15.7 Å². The van der Waals surface area contributed by atoms with Gasteiger partial charge >= 0.3 is 0 Å². The molecule has 2 heterocycles. The molecule has 3 aromatic rings. The summed E-state index contributed by atoms with van der Waals surface area (Å²) in [5.41, 5.74) is 3.63. The third-order valence-corrected chi connectivity index (χ3v) is 4.73. The molecule has 2 aromatic carbocycles. The largest absolute Gasteiger partial charge is 0.394 e. The third-order valence-electron chi connectivity index (χ3n) is 4.73. The molecule has 3 N–H and O–H groups in total. The SMILES string of the molecule is O=C1Nc2ccc(C(=O)N[C@H](CO)c3ccccc3)cc2/C1=C/c1ccccn1. The van der Waals surface area contributed by atoms with E-state index in [4.69, 9.17) is 0 Å². The Kier molecular flexibility index (Phi) is 5.18. The maximum absolute atomic E-state index is 12.8. The van der Waals surface area contributed by atoms with E-state index < -0.39 is 6.04 Å². The number of aliphatic hydroxyl groups excluding tert-OH is 1. The van der Waals surface area contributed by atoms with E-state index in [9.17, 15) is 14.7 Å². The Morgan fingerprint density at radius 1 is 1.10 bits per heavy atom. The minimum absolute atomic E-state index is 0.217. The van der Waals surface area contributed by atoms with Gasteiger partial charge in [0.25, 0.3) is 11.8 Å². The number of benzene rings is 2. The molecule has 6 heteroatoms. The van der Waals surface area contributed by atoms with Crippen LogP contribution in [0.1, 0.15) is 33.2 Å². The highest BCUT2D eigenvalue weighted by Gasteiger charge is 2.26. The van der Waals surface area contributed by atoms with Crippen LogP contribution in [0.15, 0.2) is 72.9 Å². The van der Waals surface area contributed by atoms with Gasteiger partial charge in [0.05, 0.1) is 23.9 Å². The second-order valence-electron chi connectivity index (χ2n) is 6.65.